The molecule has 1 N–H and O–H groups in total. The topological polar surface area (TPSA) is 42.7 Å². The van der Waals surface area contributed by atoms with Crippen LogP contribution in [-0.2, 0) is 13.0 Å². The Labute approximate surface area is 155 Å². The summed E-state index contributed by atoms with van der Waals surface area (Å²) in [5.74, 6) is 0. The Kier molecular flexibility index (Phi) is 5.56. The Morgan fingerprint density at radius 2 is 2.08 bits per heavy atom. The highest BCUT2D eigenvalue weighted by atomic mass is 35.5. The van der Waals surface area contributed by atoms with E-state index in [-0.39, 0.29) is 0 Å². The quantitative estimate of drug-likeness (QED) is 0.636. The molecule has 3 rings (SSSR count). The molecule has 0 atom stereocenters. The van der Waals surface area contributed by atoms with Gasteiger partial charge in [-0.2, -0.15) is 5.10 Å². The fourth-order valence-electron chi connectivity index (χ4n) is 2.46. The number of rotatable bonds is 6. The van der Waals surface area contributed by atoms with E-state index in [1.807, 2.05) is 38.1 Å². The summed E-state index contributed by atoms with van der Waals surface area (Å²) in [4.78, 5) is 4.47. The molecule has 24 heavy (non-hydrogen) atoms. The Morgan fingerprint density at radius 3 is 2.79 bits per heavy atom. The second kappa shape index (κ2) is 7.66. The zero-order chi connectivity index (χ0) is 17.1. The van der Waals surface area contributed by atoms with Crippen LogP contribution in [0.25, 0.3) is 5.69 Å². The van der Waals surface area contributed by atoms with Gasteiger partial charge in [0.1, 0.15) is 5.15 Å². The first-order valence-corrected chi connectivity index (χ1v) is 9.30. The minimum Gasteiger partial charge on any atom is -0.312 e. The third-order valence-corrected chi connectivity index (χ3v) is 5.15. The summed E-state index contributed by atoms with van der Waals surface area (Å²) in [7, 11) is 0. The van der Waals surface area contributed by atoms with E-state index in [1.165, 1.54) is 0 Å². The Hall–Kier alpha value is -1.40. The van der Waals surface area contributed by atoms with Gasteiger partial charge in [-0.15, -0.1) is 11.3 Å². The molecule has 0 amide bonds. The van der Waals surface area contributed by atoms with Gasteiger partial charge in [0, 0.05) is 35.5 Å². The number of aryl methyl sites for hydroxylation is 2. The molecule has 0 aliphatic carbocycles. The summed E-state index contributed by atoms with van der Waals surface area (Å²) in [5.41, 5.74) is 3.91. The van der Waals surface area contributed by atoms with Crippen molar-refractivity contribution in [3.63, 3.8) is 0 Å². The van der Waals surface area contributed by atoms with E-state index >= 15 is 0 Å². The third-order valence-electron chi connectivity index (χ3n) is 3.70. The van der Waals surface area contributed by atoms with Crippen molar-refractivity contribution in [3.8, 4) is 5.69 Å². The SMILES string of the molecule is Cc1nc(CCNCc2c(C)nn(-c3cccc(Cl)c3)c2Cl)cs1. The van der Waals surface area contributed by atoms with Crippen molar-refractivity contribution in [1.29, 1.82) is 0 Å². The summed E-state index contributed by atoms with van der Waals surface area (Å²) in [5, 5.41) is 12.4. The molecule has 0 radical (unpaired) electrons. The van der Waals surface area contributed by atoms with Gasteiger partial charge >= 0.3 is 0 Å². The van der Waals surface area contributed by atoms with E-state index in [1.54, 1.807) is 16.0 Å². The van der Waals surface area contributed by atoms with Gasteiger partial charge in [-0.3, -0.25) is 0 Å². The number of thiazole rings is 1. The molecule has 4 nitrogen and oxygen atoms in total. The van der Waals surface area contributed by atoms with Crippen LogP contribution in [0.2, 0.25) is 10.2 Å². The van der Waals surface area contributed by atoms with Crippen molar-refractivity contribution in [2.24, 2.45) is 0 Å². The monoisotopic (exact) mass is 380 g/mol. The van der Waals surface area contributed by atoms with E-state index < -0.39 is 0 Å². The Bertz CT molecular complexity index is 841. The van der Waals surface area contributed by atoms with Crippen LogP contribution in [0.5, 0.6) is 0 Å². The van der Waals surface area contributed by atoms with Crippen molar-refractivity contribution in [1.82, 2.24) is 20.1 Å². The van der Waals surface area contributed by atoms with Crippen molar-refractivity contribution in [2.45, 2.75) is 26.8 Å². The molecule has 126 valence electrons. The third kappa shape index (κ3) is 3.98. The van der Waals surface area contributed by atoms with Crippen LogP contribution < -0.4 is 5.32 Å². The molecule has 0 unspecified atom stereocenters. The largest absolute Gasteiger partial charge is 0.312 e. The number of hydrogen-bond acceptors (Lipinski definition) is 4. The van der Waals surface area contributed by atoms with E-state index in [4.69, 9.17) is 23.2 Å². The normalized spacial score (nSPS) is 11.2. The molecule has 1 aromatic carbocycles. The van der Waals surface area contributed by atoms with Crippen molar-refractivity contribution in [2.75, 3.05) is 6.54 Å². The van der Waals surface area contributed by atoms with Gasteiger partial charge in [-0.05, 0) is 32.0 Å². The lowest BCUT2D eigenvalue weighted by Gasteiger charge is -2.05. The van der Waals surface area contributed by atoms with E-state index in [0.717, 1.165) is 40.6 Å². The first kappa shape index (κ1) is 17.4. The highest BCUT2D eigenvalue weighted by Gasteiger charge is 2.14. The fraction of sp³-hybridized carbons (Fsp3) is 0.294. The summed E-state index contributed by atoms with van der Waals surface area (Å²) in [6.07, 6.45) is 0.906. The zero-order valence-electron chi connectivity index (χ0n) is 13.5. The maximum atomic E-state index is 6.52. The summed E-state index contributed by atoms with van der Waals surface area (Å²) < 4.78 is 1.73. The van der Waals surface area contributed by atoms with E-state index in [2.05, 4.69) is 20.8 Å². The molecular formula is C17H18Cl2N4S. The van der Waals surface area contributed by atoms with Gasteiger partial charge in [-0.1, -0.05) is 29.3 Å². The van der Waals surface area contributed by atoms with Crippen molar-refractivity contribution >= 4 is 34.5 Å². The second-order valence-corrected chi connectivity index (χ2v) is 7.39. The number of halogens is 2. The van der Waals surface area contributed by atoms with Gasteiger partial charge in [0.2, 0.25) is 0 Å². The molecule has 0 spiro atoms. The van der Waals surface area contributed by atoms with Gasteiger partial charge in [0.15, 0.2) is 0 Å². The molecule has 0 saturated carbocycles. The van der Waals surface area contributed by atoms with Crippen LogP contribution in [0.3, 0.4) is 0 Å². The number of aromatic nitrogens is 3. The van der Waals surface area contributed by atoms with Gasteiger partial charge in [-0.25, -0.2) is 9.67 Å². The maximum absolute atomic E-state index is 6.52. The number of hydrogen-bond donors (Lipinski definition) is 1. The minimum absolute atomic E-state index is 0.617. The molecule has 2 aromatic heterocycles. The molecule has 0 fully saturated rings. The van der Waals surface area contributed by atoms with Crippen molar-refractivity contribution < 1.29 is 0 Å². The summed E-state index contributed by atoms with van der Waals surface area (Å²) in [6, 6.07) is 7.50. The number of nitrogens with zero attached hydrogens (tertiary/aromatic N) is 3. The highest BCUT2D eigenvalue weighted by molar-refractivity contribution is 7.09. The molecule has 2 heterocycles. The predicted octanol–water partition coefficient (Wildman–Crippen LogP) is 4.58. The van der Waals surface area contributed by atoms with Crippen LogP contribution in [0.4, 0.5) is 0 Å². The van der Waals surface area contributed by atoms with E-state index in [9.17, 15) is 0 Å². The molecule has 7 heteroatoms. The molecular weight excluding hydrogens is 363 g/mol. The van der Waals surface area contributed by atoms with Crippen LogP contribution >= 0.6 is 34.5 Å². The Balaban J connectivity index is 1.66. The second-order valence-electron chi connectivity index (χ2n) is 5.53. The molecule has 0 aliphatic heterocycles. The van der Waals surface area contributed by atoms with E-state index in [0.29, 0.717) is 16.7 Å². The first-order valence-electron chi connectivity index (χ1n) is 7.66. The van der Waals surface area contributed by atoms with Crippen molar-refractivity contribution in [3.05, 3.63) is 61.8 Å². The van der Waals surface area contributed by atoms with Crippen LogP contribution in [0.1, 0.15) is 22.0 Å². The van der Waals surface area contributed by atoms with Gasteiger partial charge in [0.05, 0.1) is 22.1 Å². The van der Waals surface area contributed by atoms with Crippen LogP contribution in [-0.4, -0.2) is 21.3 Å². The lowest BCUT2D eigenvalue weighted by molar-refractivity contribution is 0.679. The van der Waals surface area contributed by atoms with Gasteiger partial charge in [0.25, 0.3) is 0 Å². The average Bonchev–Trinajstić information content (AvgIpc) is 3.08. The van der Waals surface area contributed by atoms with Crippen LogP contribution in [0.15, 0.2) is 29.6 Å². The number of nitrogens with one attached hydrogen (secondary N) is 1. The van der Waals surface area contributed by atoms with Crippen LogP contribution in [0, 0.1) is 13.8 Å². The fourth-order valence-corrected chi connectivity index (χ4v) is 3.63. The molecule has 0 aliphatic rings. The first-order chi connectivity index (χ1) is 11.5. The van der Waals surface area contributed by atoms with Gasteiger partial charge < -0.3 is 5.32 Å². The molecule has 0 bridgehead atoms. The number of benzene rings is 1. The minimum atomic E-state index is 0.617. The zero-order valence-corrected chi connectivity index (χ0v) is 15.8. The molecule has 3 aromatic rings. The highest BCUT2D eigenvalue weighted by Crippen LogP contribution is 2.24. The average molecular weight is 381 g/mol. The Morgan fingerprint density at radius 1 is 1.25 bits per heavy atom. The molecule has 0 saturated heterocycles. The predicted molar refractivity (Wildman–Crippen MR) is 101 cm³/mol. The lowest BCUT2D eigenvalue weighted by atomic mass is 10.2. The lowest BCUT2D eigenvalue weighted by Crippen LogP contribution is -2.17. The standard InChI is InChI=1S/C17H18Cl2N4S/c1-11-16(9-20-7-6-14-10-24-12(2)21-14)17(19)23(22-11)15-5-3-4-13(18)8-15/h3-5,8,10,20H,6-7,9H2,1-2H3. The summed E-state index contributed by atoms with van der Waals surface area (Å²) >= 11 is 14.3. The smallest absolute Gasteiger partial charge is 0.137 e. The summed E-state index contributed by atoms with van der Waals surface area (Å²) in [6.45, 7) is 5.51. The maximum Gasteiger partial charge on any atom is 0.137 e.